The number of carbonyl (C=O) groups is 1. The molecular formula is C21H20N2O6. The SMILES string of the molecule is Cc1cc2c(C)c(Cc3cccc([N+](=O)[O-])c3)c(=O)oc2cc1OC(=O)N(C)C. The zero-order valence-electron chi connectivity index (χ0n) is 16.5. The molecule has 0 N–H and O–H groups in total. The molecule has 3 rings (SSSR count). The maximum Gasteiger partial charge on any atom is 0.414 e. The highest BCUT2D eigenvalue weighted by Crippen LogP contribution is 2.29. The van der Waals surface area contributed by atoms with Crippen LogP contribution in [0.3, 0.4) is 0 Å². The molecule has 0 radical (unpaired) electrons. The van der Waals surface area contributed by atoms with Crippen LogP contribution in [0.1, 0.15) is 22.3 Å². The van der Waals surface area contributed by atoms with Gasteiger partial charge >= 0.3 is 11.7 Å². The molecule has 29 heavy (non-hydrogen) atoms. The number of aryl methyl sites for hydroxylation is 2. The molecule has 0 spiro atoms. The van der Waals surface area contributed by atoms with Crippen molar-refractivity contribution in [3.63, 3.8) is 0 Å². The Kier molecular flexibility index (Phi) is 5.36. The van der Waals surface area contributed by atoms with Gasteiger partial charge in [0, 0.05) is 49.7 Å². The standard InChI is InChI=1S/C21H20N2O6/c1-12-8-16-13(2)17(10-14-6-5-7-15(9-14)23(26)27)20(24)28-19(16)11-18(12)29-21(25)22(3)4/h5-9,11H,10H2,1-4H3. The Bertz CT molecular complexity index is 1180. The molecule has 1 amide bonds. The van der Waals surface area contributed by atoms with Crippen LogP contribution < -0.4 is 10.4 Å². The van der Waals surface area contributed by atoms with Crippen LogP contribution in [-0.4, -0.2) is 30.0 Å². The van der Waals surface area contributed by atoms with Crippen LogP contribution in [0.4, 0.5) is 10.5 Å². The van der Waals surface area contributed by atoms with Crippen LogP contribution in [0.25, 0.3) is 11.0 Å². The van der Waals surface area contributed by atoms with E-state index >= 15 is 0 Å². The van der Waals surface area contributed by atoms with Crippen LogP contribution >= 0.6 is 0 Å². The third-order valence-corrected chi connectivity index (χ3v) is 4.65. The van der Waals surface area contributed by atoms with E-state index in [1.807, 2.05) is 0 Å². The van der Waals surface area contributed by atoms with Crippen molar-refractivity contribution in [1.29, 1.82) is 0 Å². The fourth-order valence-corrected chi connectivity index (χ4v) is 3.01. The van der Waals surface area contributed by atoms with Crippen molar-refractivity contribution in [3.05, 3.63) is 79.2 Å². The Morgan fingerprint density at radius 1 is 1.21 bits per heavy atom. The van der Waals surface area contributed by atoms with Crippen molar-refractivity contribution >= 4 is 22.7 Å². The number of hydrogen-bond donors (Lipinski definition) is 0. The van der Waals surface area contributed by atoms with E-state index in [4.69, 9.17) is 9.15 Å². The van der Waals surface area contributed by atoms with Gasteiger partial charge in [0.05, 0.1) is 4.92 Å². The maximum atomic E-state index is 12.6. The molecule has 1 aromatic heterocycles. The Hall–Kier alpha value is -3.68. The number of benzene rings is 2. The lowest BCUT2D eigenvalue weighted by atomic mass is 9.98. The number of rotatable bonds is 4. The molecule has 0 aliphatic heterocycles. The quantitative estimate of drug-likeness (QED) is 0.376. The molecule has 2 aromatic carbocycles. The van der Waals surface area contributed by atoms with E-state index < -0.39 is 16.6 Å². The lowest BCUT2D eigenvalue weighted by Crippen LogP contribution is -2.25. The van der Waals surface area contributed by atoms with Crippen LogP contribution in [0.5, 0.6) is 5.75 Å². The van der Waals surface area contributed by atoms with Gasteiger partial charge in [-0.25, -0.2) is 9.59 Å². The second kappa shape index (κ2) is 7.75. The van der Waals surface area contributed by atoms with Gasteiger partial charge in [-0.05, 0) is 36.6 Å². The summed E-state index contributed by atoms with van der Waals surface area (Å²) < 4.78 is 10.8. The van der Waals surface area contributed by atoms with Crippen molar-refractivity contribution in [1.82, 2.24) is 4.90 Å². The molecule has 0 atom stereocenters. The fourth-order valence-electron chi connectivity index (χ4n) is 3.01. The second-order valence-corrected chi connectivity index (χ2v) is 6.97. The molecule has 0 aliphatic carbocycles. The predicted octanol–water partition coefficient (Wildman–Crippen LogP) is 3.97. The normalized spacial score (nSPS) is 10.8. The van der Waals surface area contributed by atoms with Crippen molar-refractivity contribution in [2.75, 3.05) is 14.1 Å². The van der Waals surface area contributed by atoms with E-state index in [0.717, 1.165) is 5.56 Å². The monoisotopic (exact) mass is 396 g/mol. The number of nitrogens with zero attached hydrogens (tertiary/aromatic N) is 2. The lowest BCUT2D eigenvalue weighted by Gasteiger charge is -2.14. The van der Waals surface area contributed by atoms with Crippen LogP contribution in [-0.2, 0) is 6.42 Å². The Morgan fingerprint density at radius 2 is 1.93 bits per heavy atom. The first-order valence-corrected chi connectivity index (χ1v) is 8.86. The number of ether oxygens (including phenoxy) is 1. The van der Waals surface area contributed by atoms with E-state index in [-0.39, 0.29) is 12.1 Å². The van der Waals surface area contributed by atoms with Gasteiger partial charge in [-0.1, -0.05) is 12.1 Å². The summed E-state index contributed by atoms with van der Waals surface area (Å²) in [7, 11) is 3.15. The van der Waals surface area contributed by atoms with Crippen LogP contribution in [0, 0.1) is 24.0 Å². The van der Waals surface area contributed by atoms with Crippen molar-refractivity contribution in [3.8, 4) is 5.75 Å². The molecule has 0 saturated heterocycles. The van der Waals surface area contributed by atoms with Crippen molar-refractivity contribution in [2.24, 2.45) is 0 Å². The molecule has 0 saturated carbocycles. The van der Waals surface area contributed by atoms with Crippen LogP contribution in [0.15, 0.2) is 45.6 Å². The zero-order chi connectivity index (χ0) is 21.3. The summed E-state index contributed by atoms with van der Waals surface area (Å²) in [6, 6.07) is 9.48. The molecule has 0 fully saturated rings. The van der Waals surface area contributed by atoms with Gasteiger partial charge in [-0.3, -0.25) is 10.1 Å². The molecule has 8 nitrogen and oxygen atoms in total. The van der Waals surface area contributed by atoms with Crippen molar-refractivity contribution in [2.45, 2.75) is 20.3 Å². The summed E-state index contributed by atoms with van der Waals surface area (Å²) in [5, 5.41) is 11.7. The fraction of sp³-hybridized carbons (Fsp3) is 0.238. The van der Waals surface area contributed by atoms with E-state index in [1.165, 1.54) is 23.1 Å². The number of nitro benzene ring substituents is 1. The summed E-state index contributed by atoms with van der Waals surface area (Å²) in [4.78, 5) is 36.2. The average molecular weight is 396 g/mol. The minimum absolute atomic E-state index is 0.0338. The van der Waals surface area contributed by atoms with Gasteiger partial charge in [-0.2, -0.15) is 0 Å². The Morgan fingerprint density at radius 3 is 2.59 bits per heavy atom. The van der Waals surface area contributed by atoms with E-state index in [9.17, 15) is 19.7 Å². The zero-order valence-corrected chi connectivity index (χ0v) is 16.5. The smallest absolute Gasteiger partial charge is 0.414 e. The molecule has 8 heteroatoms. The number of nitro groups is 1. The van der Waals surface area contributed by atoms with Gasteiger partial charge < -0.3 is 14.1 Å². The summed E-state index contributed by atoms with van der Waals surface area (Å²) in [6.45, 7) is 3.60. The number of amides is 1. The molecule has 3 aromatic rings. The van der Waals surface area contributed by atoms with Gasteiger partial charge in [0.25, 0.3) is 5.69 Å². The summed E-state index contributed by atoms with van der Waals surface area (Å²) in [5.41, 5.74) is 2.24. The number of hydrogen-bond acceptors (Lipinski definition) is 6. The second-order valence-electron chi connectivity index (χ2n) is 6.97. The number of non-ortho nitro benzene ring substituents is 1. The Balaban J connectivity index is 2.05. The maximum absolute atomic E-state index is 12.6. The Labute approximate surface area is 166 Å². The van der Waals surface area contributed by atoms with Gasteiger partial charge in [0.15, 0.2) is 0 Å². The van der Waals surface area contributed by atoms with E-state index in [0.29, 0.717) is 33.4 Å². The van der Waals surface area contributed by atoms with Crippen molar-refractivity contribution < 1.29 is 18.9 Å². The summed E-state index contributed by atoms with van der Waals surface area (Å²) in [5.74, 6) is 0.310. The largest absolute Gasteiger partial charge is 0.422 e. The van der Waals surface area contributed by atoms with Gasteiger partial charge in [0.2, 0.25) is 0 Å². The first-order chi connectivity index (χ1) is 13.7. The molecule has 0 unspecified atom stereocenters. The third kappa shape index (κ3) is 4.11. The third-order valence-electron chi connectivity index (χ3n) is 4.65. The van der Waals surface area contributed by atoms with E-state index in [2.05, 4.69) is 0 Å². The first kappa shape index (κ1) is 20.1. The van der Waals surface area contributed by atoms with Crippen LogP contribution in [0.2, 0.25) is 0 Å². The first-order valence-electron chi connectivity index (χ1n) is 8.86. The highest BCUT2D eigenvalue weighted by Gasteiger charge is 2.17. The topological polar surface area (TPSA) is 103 Å². The minimum atomic E-state index is -0.534. The summed E-state index contributed by atoms with van der Waals surface area (Å²) in [6.07, 6.45) is -0.323. The molecule has 0 bridgehead atoms. The molecule has 150 valence electrons. The van der Waals surface area contributed by atoms with E-state index in [1.54, 1.807) is 46.1 Å². The lowest BCUT2D eigenvalue weighted by molar-refractivity contribution is -0.384. The minimum Gasteiger partial charge on any atom is -0.422 e. The van der Waals surface area contributed by atoms with Gasteiger partial charge in [0.1, 0.15) is 11.3 Å². The molecule has 1 heterocycles. The van der Waals surface area contributed by atoms with Gasteiger partial charge in [-0.15, -0.1) is 0 Å². The predicted molar refractivity (Wildman–Crippen MR) is 108 cm³/mol. The number of carbonyl (C=O) groups excluding carboxylic acids is 1. The average Bonchev–Trinajstić information content (AvgIpc) is 2.66. The summed E-state index contributed by atoms with van der Waals surface area (Å²) >= 11 is 0. The molecular weight excluding hydrogens is 376 g/mol. The highest BCUT2D eigenvalue weighted by molar-refractivity contribution is 5.84. The highest BCUT2D eigenvalue weighted by atomic mass is 16.6. The number of fused-ring (bicyclic) bond motifs is 1. The molecule has 0 aliphatic rings.